The van der Waals surface area contributed by atoms with Crippen molar-refractivity contribution >= 4 is 12.0 Å². The topological polar surface area (TPSA) is 60.2 Å². The van der Waals surface area contributed by atoms with Crippen LogP contribution in [-0.4, -0.2) is 11.2 Å². The maximum absolute atomic E-state index is 12.8. The molecule has 0 fully saturated rings. The summed E-state index contributed by atoms with van der Waals surface area (Å²) in [7, 11) is 0. The zero-order valence-corrected chi connectivity index (χ0v) is 6.78. The molecule has 0 aromatic heterocycles. The van der Waals surface area contributed by atoms with Crippen molar-refractivity contribution < 1.29 is 14.1 Å². The molecular weight excluding hydrogens is 177 g/mol. The molecule has 0 atom stereocenters. The summed E-state index contributed by atoms with van der Waals surface area (Å²) in [5, 5.41) is 10.4. The fourth-order valence-corrected chi connectivity index (χ4v) is 1.03. The van der Waals surface area contributed by atoms with Crippen LogP contribution in [0, 0.1) is 22.9 Å². The highest BCUT2D eigenvalue weighted by atomic mass is 19.1. The number of hydrogen-bond acceptors (Lipinski definition) is 3. The summed E-state index contributed by atoms with van der Waals surface area (Å²) in [6, 6.07) is 1.95. The van der Waals surface area contributed by atoms with Gasteiger partial charge in [0, 0.05) is 11.6 Å². The monoisotopic (exact) mass is 183 g/mol. The maximum Gasteiger partial charge on any atom is 0.273 e. The van der Waals surface area contributed by atoms with E-state index in [1.807, 2.05) is 0 Å². The van der Waals surface area contributed by atoms with E-state index in [1.54, 1.807) is 0 Å². The van der Waals surface area contributed by atoms with Crippen LogP contribution in [0.5, 0.6) is 0 Å². The average Bonchev–Trinajstić information content (AvgIpc) is 2.04. The van der Waals surface area contributed by atoms with Crippen LogP contribution < -0.4 is 0 Å². The van der Waals surface area contributed by atoms with Crippen LogP contribution >= 0.6 is 0 Å². The molecule has 0 aliphatic rings. The van der Waals surface area contributed by atoms with Gasteiger partial charge >= 0.3 is 0 Å². The van der Waals surface area contributed by atoms with E-state index in [0.717, 1.165) is 12.1 Å². The molecule has 5 heteroatoms. The number of carbonyl (C=O) groups excluding carboxylic acids is 1. The first kappa shape index (κ1) is 9.31. The minimum Gasteiger partial charge on any atom is -0.298 e. The Bertz CT molecular complexity index is 376. The molecule has 0 aliphatic carbocycles. The van der Waals surface area contributed by atoms with E-state index in [0.29, 0.717) is 0 Å². The standard InChI is InChI=1S/C8H6FNO3/c1-5-6(4-11)7(9)2-3-8(5)10(12)13/h2-4H,1H3. The second kappa shape index (κ2) is 3.30. The number of nitro benzene ring substituents is 1. The van der Waals surface area contributed by atoms with E-state index < -0.39 is 10.7 Å². The molecule has 68 valence electrons. The van der Waals surface area contributed by atoms with Crippen molar-refractivity contribution in [1.82, 2.24) is 0 Å². The summed E-state index contributed by atoms with van der Waals surface area (Å²) >= 11 is 0. The van der Waals surface area contributed by atoms with Crippen molar-refractivity contribution in [3.8, 4) is 0 Å². The second-order valence-corrected chi connectivity index (χ2v) is 2.48. The minimum absolute atomic E-state index is 0.0556. The first-order chi connectivity index (χ1) is 6.07. The van der Waals surface area contributed by atoms with Gasteiger partial charge in [0.05, 0.1) is 10.5 Å². The van der Waals surface area contributed by atoms with E-state index in [1.165, 1.54) is 6.92 Å². The molecular formula is C8H6FNO3. The Kier molecular flexibility index (Phi) is 2.36. The van der Waals surface area contributed by atoms with Gasteiger partial charge in [0.25, 0.3) is 5.69 Å². The molecule has 0 bridgehead atoms. The number of rotatable bonds is 2. The van der Waals surface area contributed by atoms with Crippen molar-refractivity contribution in [1.29, 1.82) is 0 Å². The number of hydrogen-bond donors (Lipinski definition) is 0. The second-order valence-electron chi connectivity index (χ2n) is 2.48. The molecule has 0 saturated heterocycles. The van der Waals surface area contributed by atoms with Gasteiger partial charge in [-0.1, -0.05) is 0 Å². The van der Waals surface area contributed by atoms with Gasteiger partial charge in [0.1, 0.15) is 5.82 Å². The number of benzene rings is 1. The van der Waals surface area contributed by atoms with Crippen molar-refractivity contribution in [2.75, 3.05) is 0 Å². The van der Waals surface area contributed by atoms with Gasteiger partial charge in [0.15, 0.2) is 6.29 Å². The Balaban J connectivity index is 3.44. The smallest absolute Gasteiger partial charge is 0.273 e. The van der Waals surface area contributed by atoms with Crippen molar-refractivity contribution in [2.24, 2.45) is 0 Å². The molecule has 0 unspecified atom stereocenters. The highest BCUT2D eigenvalue weighted by Gasteiger charge is 2.16. The Hall–Kier alpha value is -1.78. The largest absolute Gasteiger partial charge is 0.298 e. The summed E-state index contributed by atoms with van der Waals surface area (Å²) in [4.78, 5) is 20.1. The lowest BCUT2D eigenvalue weighted by molar-refractivity contribution is -0.385. The zero-order chi connectivity index (χ0) is 10.0. The molecule has 0 heterocycles. The Morgan fingerprint density at radius 2 is 2.15 bits per heavy atom. The molecule has 1 aromatic rings. The lowest BCUT2D eigenvalue weighted by atomic mass is 10.1. The quantitative estimate of drug-likeness (QED) is 0.399. The van der Waals surface area contributed by atoms with E-state index in [-0.39, 0.29) is 23.1 Å². The van der Waals surface area contributed by atoms with Crippen molar-refractivity contribution in [2.45, 2.75) is 6.92 Å². The lowest BCUT2D eigenvalue weighted by Gasteiger charge is -2.00. The Morgan fingerprint density at radius 3 is 2.62 bits per heavy atom. The number of nitro groups is 1. The van der Waals surface area contributed by atoms with E-state index in [9.17, 15) is 19.3 Å². The molecule has 13 heavy (non-hydrogen) atoms. The van der Waals surface area contributed by atoms with E-state index in [4.69, 9.17) is 0 Å². The minimum atomic E-state index is -0.738. The highest BCUT2D eigenvalue weighted by molar-refractivity contribution is 5.79. The van der Waals surface area contributed by atoms with Gasteiger partial charge in [-0.25, -0.2) is 4.39 Å². The first-order valence-electron chi connectivity index (χ1n) is 3.46. The van der Waals surface area contributed by atoms with Crippen LogP contribution in [-0.2, 0) is 0 Å². The number of halogens is 1. The number of aldehydes is 1. The third-order valence-electron chi connectivity index (χ3n) is 1.75. The van der Waals surface area contributed by atoms with Crippen LogP contribution in [0.1, 0.15) is 15.9 Å². The summed E-state index contributed by atoms with van der Waals surface area (Å²) in [6.07, 6.45) is 0.275. The zero-order valence-electron chi connectivity index (χ0n) is 6.78. The predicted molar refractivity (Wildman–Crippen MR) is 43.2 cm³/mol. The highest BCUT2D eigenvalue weighted by Crippen LogP contribution is 2.22. The summed E-state index contributed by atoms with van der Waals surface area (Å²) in [5.74, 6) is -0.738. The molecule has 0 saturated carbocycles. The SMILES string of the molecule is Cc1c([N+](=O)[O-])ccc(F)c1C=O. The molecule has 4 nitrogen and oxygen atoms in total. The van der Waals surface area contributed by atoms with Gasteiger partial charge in [-0.2, -0.15) is 0 Å². The van der Waals surface area contributed by atoms with Gasteiger partial charge in [-0.3, -0.25) is 14.9 Å². The number of nitrogens with zero attached hydrogens (tertiary/aromatic N) is 1. The Morgan fingerprint density at radius 1 is 1.54 bits per heavy atom. The van der Waals surface area contributed by atoms with Crippen LogP contribution in [0.3, 0.4) is 0 Å². The van der Waals surface area contributed by atoms with Crippen molar-refractivity contribution in [3.05, 3.63) is 39.2 Å². The van der Waals surface area contributed by atoms with Crippen LogP contribution in [0.4, 0.5) is 10.1 Å². The van der Waals surface area contributed by atoms with Crippen LogP contribution in [0.15, 0.2) is 12.1 Å². The number of carbonyl (C=O) groups is 1. The third kappa shape index (κ3) is 1.53. The summed E-state index contributed by atoms with van der Waals surface area (Å²) in [5.41, 5.74) is -0.447. The predicted octanol–water partition coefficient (Wildman–Crippen LogP) is 1.85. The molecule has 1 rings (SSSR count). The average molecular weight is 183 g/mol. The van der Waals surface area contributed by atoms with E-state index >= 15 is 0 Å². The Labute approximate surface area is 73.1 Å². The lowest BCUT2D eigenvalue weighted by Crippen LogP contribution is -1.98. The summed E-state index contributed by atoms with van der Waals surface area (Å²) < 4.78 is 12.8. The molecule has 0 aliphatic heterocycles. The summed E-state index contributed by atoms with van der Waals surface area (Å²) in [6.45, 7) is 1.34. The van der Waals surface area contributed by atoms with Gasteiger partial charge in [-0.05, 0) is 13.0 Å². The van der Waals surface area contributed by atoms with Crippen molar-refractivity contribution in [3.63, 3.8) is 0 Å². The molecule has 0 N–H and O–H groups in total. The molecule has 0 amide bonds. The molecule has 0 radical (unpaired) electrons. The maximum atomic E-state index is 12.8. The molecule has 0 spiro atoms. The van der Waals surface area contributed by atoms with E-state index in [2.05, 4.69) is 0 Å². The van der Waals surface area contributed by atoms with Gasteiger partial charge in [-0.15, -0.1) is 0 Å². The third-order valence-corrected chi connectivity index (χ3v) is 1.75. The fraction of sp³-hybridized carbons (Fsp3) is 0.125. The van der Waals surface area contributed by atoms with Gasteiger partial charge in [0.2, 0.25) is 0 Å². The van der Waals surface area contributed by atoms with Crippen LogP contribution in [0.2, 0.25) is 0 Å². The van der Waals surface area contributed by atoms with Gasteiger partial charge < -0.3 is 0 Å². The normalized spacial score (nSPS) is 9.69. The van der Waals surface area contributed by atoms with Crippen LogP contribution in [0.25, 0.3) is 0 Å². The molecule has 1 aromatic carbocycles. The first-order valence-corrected chi connectivity index (χ1v) is 3.46. The fourth-order valence-electron chi connectivity index (χ4n) is 1.03.